The molecule has 20 heavy (non-hydrogen) atoms. The molecule has 1 aliphatic carbocycles. The lowest BCUT2D eigenvalue weighted by Crippen LogP contribution is -2.43. The maximum Gasteiger partial charge on any atom is 0.0609 e. The zero-order chi connectivity index (χ0) is 14.6. The van der Waals surface area contributed by atoms with Crippen LogP contribution in [0.15, 0.2) is 23.8 Å². The van der Waals surface area contributed by atoms with E-state index in [2.05, 4.69) is 50.4 Å². The van der Waals surface area contributed by atoms with Crippen LogP contribution in [-0.4, -0.2) is 26.8 Å². The number of aryl methyl sites for hydroxylation is 1. The Labute approximate surface area is 123 Å². The van der Waals surface area contributed by atoms with Gasteiger partial charge in [-0.25, -0.2) is 0 Å². The highest BCUT2D eigenvalue weighted by atomic mass is 16.5. The Balaban J connectivity index is 2.56. The number of likely N-dealkylation sites (N-methyl/N-ethyl adjacent to an activating group) is 1. The van der Waals surface area contributed by atoms with E-state index >= 15 is 0 Å². The average molecular weight is 273 g/mol. The standard InChI is InChI=1S/C18H27NO/c1-5-14-9-8-10-15-11-16(6-2)18(13-20-4,17(14)15)12-19-7-3/h8-11,19H,5-7,12-13H2,1-4H3. The van der Waals surface area contributed by atoms with Crippen molar-refractivity contribution in [2.45, 2.75) is 39.0 Å². The number of hydrogen-bond acceptors (Lipinski definition) is 2. The van der Waals surface area contributed by atoms with E-state index in [4.69, 9.17) is 4.74 Å². The van der Waals surface area contributed by atoms with Crippen molar-refractivity contribution in [1.29, 1.82) is 0 Å². The highest BCUT2D eigenvalue weighted by molar-refractivity contribution is 5.71. The Morgan fingerprint density at radius 3 is 2.55 bits per heavy atom. The van der Waals surface area contributed by atoms with Gasteiger partial charge >= 0.3 is 0 Å². The molecule has 1 atom stereocenters. The lowest BCUT2D eigenvalue weighted by Gasteiger charge is -2.35. The van der Waals surface area contributed by atoms with Crippen LogP contribution in [0.4, 0.5) is 0 Å². The maximum atomic E-state index is 5.63. The minimum Gasteiger partial charge on any atom is -0.383 e. The fourth-order valence-electron chi connectivity index (χ4n) is 3.55. The molecule has 1 aromatic rings. The molecule has 0 radical (unpaired) electrons. The minimum atomic E-state index is 0.0153. The molecule has 0 bridgehead atoms. The molecule has 0 fully saturated rings. The number of rotatable bonds is 7. The number of nitrogens with one attached hydrogen (secondary N) is 1. The fraction of sp³-hybridized carbons (Fsp3) is 0.556. The van der Waals surface area contributed by atoms with Crippen molar-refractivity contribution >= 4 is 6.08 Å². The van der Waals surface area contributed by atoms with Gasteiger partial charge in [0.1, 0.15) is 0 Å². The summed E-state index contributed by atoms with van der Waals surface area (Å²) in [5.41, 5.74) is 5.84. The van der Waals surface area contributed by atoms with Crippen LogP contribution >= 0.6 is 0 Å². The zero-order valence-corrected chi connectivity index (χ0v) is 13.3. The van der Waals surface area contributed by atoms with Crippen LogP contribution in [0.1, 0.15) is 43.9 Å². The topological polar surface area (TPSA) is 21.3 Å². The molecule has 2 rings (SSSR count). The van der Waals surface area contributed by atoms with E-state index in [1.54, 1.807) is 0 Å². The Hall–Kier alpha value is -1.12. The molecule has 1 unspecified atom stereocenters. The third kappa shape index (κ3) is 2.43. The quantitative estimate of drug-likeness (QED) is 0.820. The van der Waals surface area contributed by atoms with Gasteiger partial charge in [-0.15, -0.1) is 0 Å². The van der Waals surface area contributed by atoms with Crippen LogP contribution in [0, 0.1) is 0 Å². The van der Waals surface area contributed by atoms with Gasteiger partial charge in [0.05, 0.1) is 12.0 Å². The lowest BCUT2D eigenvalue weighted by atomic mass is 9.74. The summed E-state index contributed by atoms with van der Waals surface area (Å²) < 4.78 is 5.63. The summed E-state index contributed by atoms with van der Waals surface area (Å²) >= 11 is 0. The summed E-state index contributed by atoms with van der Waals surface area (Å²) in [6.45, 7) is 9.36. The van der Waals surface area contributed by atoms with Gasteiger partial charge in [-0.05, 0) is 36.1 Å². The molecule has 0 aliphatic heterocycles. The largest absolute Gasteiger partial charge is 0.383 e. The molecular weight excluding hydrogens is 246 g/mol. The molecule has 1 N–H and O–H groups in total. The highest BCUT2D eigenvalue weighted by Gasteiger charge is 2.41. The summed E-state index contributed by atoms with van der Waals surface area (Å²) in [5, 5.41) is 3.55. The second-order valence-corrected chi connectivity index (χ2v) is 5.55. The van der Waals surface area contributed by atoms with Crippen molar-refractivity contribution in [2.75, 3.05) is 26.8 Å². The second-order valence-electron chi connectivity index (χ2n) is 5.55. The van der Waals surface area contributed by atoms with E-state index in [-0.39, 0.29) is 5.41 Å². The number of fused-ring (bicyclic) bond motifs is 1. The summed E-state index contributed by atoms with van der Waals surface area (Å²) in [6.07, 6.45) is 4.53. The van der Waals surface area contributed by atoms with Crippen molar-refractivity contribution < 1.29 is 4.74 Å². The van der Waals surface area contributed by atoms with Crippen molar-refractivity contribution in [1.82, 2.24) is 5.32 Å². The Bertz CT molecular complexity index is 492. The van der Waals surface area contributed by atoms with Gasteiger partial charge in [-0.2, -0.15) is 0 Å². The van der Waals surface area contributed by atoms with Crippen molar-refractivity contribution in [3.63, 3.8) is 0 Å². The number of methoxy groups -OCH3 is 1. The van der Waals surface area contributed by atoms with Gasteiger partial charge in [-0.3, -0.25) is 0 Å². The van der Waals surface area contributed by atoms with Crippen LogP contribution < -0.4 is 5.32 Å². The molecule has 0 aromatic heterocycles. The van der Waals surface area contributed by atoms with Crippen LogP contribution in [0.3, 0.4) is 0 Å². The summed E-state index contributed by atoms with van der Waals surface area (Å²) in [6, 6.07) is 6.69. The van der Waals surface area contributed by atoms with E-state index in [1.165, 1.54) is 22.3 Å². The Kier molecular flexibility index (Phi) is 5.00. The number of benzene rings is 1. The van der Waals surface area contributed by atoms with Crippen molar-refractivity contribution in [3.05, 3.63) is 40.5 Å². The van der Waals surface area contributed by atoms with Gasteiger partial charge in [0, 0.05) is 13.7 Å². The van der Waals surface area contributed by atoms with Gasteiger partial charge in [0.2, 0.25) is 0 Å². The number of ether oxygens (including phenoxy) is 1. The highest BCUT2D eigenvalue weighted by Crippen LogP contribution is 2.45. The molecule has 1 aromatic carbocycles. The normalized spacial score (nSPS) is 20.9. The monoisotopic (exact) mass is 273 g/mol. The van der Waals surface area contributed by atoms with E-state index in [0.717, 1.165) is 32.5 Å². The minimum absolute atomic E-state index is 0.0153. The molecule has 0 saturated heterocycles. The summed E-state index contributed by atoms with van der Waals surface area (Å²) in [7, 11) is 1.81. The Morgan fingerprint density at radius 2 is 1.95 bits per heavy atom. The van der Waals surface area contributed by atoms with Crippen LogP contribution in [0.25, 0.3) is 6.08 Å². The molecule has 0 spiro atoms. The van der Waals surface area contributed by atoms with Gasteiger partial charge in [0.15, 0.2) is 0 Å². The first-order valence-electron chi connectivity index (χ1n) is 7.76. The van der Waals surface area contributed by atoms with Gasteiger partial charge < -0.3 is 10.1 Å². The summed E-state index contributed by atoms with van der Waals surface area (Å²) in [4.78, 5) is 0. The maximum absolute atomic E-state index is 5.63. The van der Waals surface area contributed by atoms with Crippen molar-refractivity contribution in [3.8, 4) is 0 Å². The van der Waals surface area contributed by atoms with Gasteiger partial charge in [0.25, 0.3) is 0 Å². The molecule has 0 amide bonds. The first kappa shape index (κ1) is 15.3. The molecule has 1 aliphatic rings. The molecule has 2 heteroatoms. The summed E-state index contributed by atoms with van der Waals surface area (Å²) in [5.74, 6) is 0. The van der Waals surface area contributed by atoms with Crippen LogP contribution in [-0.2, 0) is 16.6 Å². The van der Waals surface area contributed by atoms with Crippen LogP contribution in [0.5, 0.6) is 0 Å². The van der Waals surface area contributed by atoms with Gasteiger partial charge in [-0.1, -0.05) is 50.6 Å². The second kappa shape index (κ2) is 6.55. The molecule has 0 heterocycles. The zero-order valence-electron chi connectivity index (χ0n) is 13.3. The van der Waals surface area contributed by atoms with E-state index in [1.807, 2.05) is 7.11 Å². The molecule has 110 valence electrons. The predicted octanol–water partition coefficient (Wildman–Crippen LogP) is 3.55. The SMILES string of the molecule is CCNCC1(COC)C(CC)=Cc2cccc(CC)c21. The van der Waals surface area contributed by atoms with E-state index < -0.39 is 0 Å². The van der Waals surface area contributed by atoms with Crippen molar-refractivity contribution in [2.24, 2.45) is 0 Å². The Morgan fingerprint density at radius 1 is 1.15 bits per heavy atom. The molecular formula is C18H27NO. The lowest BCUT2D eigenvalue weighted by molar-refractivity contribution is 0.144. The third-order valence-corrected chi connectivity index (χ3v) is 4.44. The first-order chi connectivity index (χ1) is 9.73. The van der Waals surface area contributed by atoms with E-state index in [9.17, 15) is 0 Å². The third-order valence-electron chi connectivity index (χ3n) is 4.44. The van der Waals surface area contributed by atoms with E-state index in [0.29, 0.717) is 0 Å². The smallest absolute Gasteiger partial charge is 0.0609 e. The fourth-order valence-corrected chi connectivity index (χ4v) is 3.55. The number of hydrogen-bond donors (Lipinski definition) is 1. The average Bonchev–Trinajstić information content (AvgIpc) is 2.79. The first-order valence-corrected chi connectivity index (χ1v) is 7.76. The molecule has 0 saturated carbocycles. The molecule has 2 nitrogen and oxygen atoms in total. The predicted molar refractivity (Wildman–Crippen MR) is 86.2 cm³/mol. The van der Waals surface area contributed by atoms with Crippen LogP contribution in [0.2, 0.25) is 0 Å².